The number of amidine groups is 1. The number of azo groups is 1. The van der Waals surface area contributed by atoms with Crippen LogP contribution in [0.1, 0.15) is 11.3 Å². The zero-order valence-corrected chi connectivity index (χ0v) is 13.7. The second-order valence-corrected chi connectivity index (χ2v) is 5.47. The minimum atomic E-state index is 0.450. The highest BCUT2D eigenvalue weighted by molar-refractivity contribution is 6.30. The van der Waals surface area contributed by atoms with Crippen molar-refractivity contribution in [2.75, 3.05) is 5.43 Å². The lowest BCUT2D eigenvalue weighted by molar-refractivity contribution is 1.03. The highest BCUT2D eigenvalue weighted by Gasteiger charge is 2.03. The van der Waals surface area contributed by atoms with Crippen LogP contribution in [0.3, 0.4) is 0 Å². The second-order valence-electron chi connectivity index (χ2n) is 5.03. The Morgan fingerprint density at radius 3 is 2.50 bits per heavy atom. The van der Waals surface area contributed by atoms with Crippen LogP contribution in [0.2, 0.25) is 5.02 Å². The first-order valence-corrected chi connectivity index (χ1v) is 7.67. The van der Waals surface area contributed by atoms with E-state index in [0.29, 0.717) is 16.7 Å². The van der Waals surface area contributed by atoms with E-state index in [1.165, 1.54) is 0 Å². The van der Waals surface area contributed by atoms with Crippen molar-refractivity contribution in [2.24, 2.45) is 15.3 Å². The van der Waals surface area contributed by atoms with Gasteiger partial charge < -0.3 is 0 Å². The molecule has 3 rings (SSSR count). The molecular formula is C17H15ClN6. The lowest BCUT2D eigenvalue weighted by Crippen LogP contribution is -2.01. The van der Waals surface area contributed by atoms with Crippen molar-refractivity contribution in [3.63, 3.8) is 0 Å². The number of aryl methyl sites for hydroxylation is 1. The van der Waals surface area contributed by atoms with Crippen LogP contribution in [0.5, 0.6) is 0 Å². The Kier molecular flexibility index (Phi) is 4.98. The van der Waals surface area contributed by atoms with Crippen LogP contribution in [0.25, 0.3) is 0 Å². The van der Waals surface area contributed by atoms with Crippen LogP contribution in [-0.2, 0) is 0 Å². The maximum atomic E-state index is 5.88. The molecule has 0 saturated heterocycles. The molecule has 2 N–H and O–H groups in total. The summed E-state index contributed by atoms with van der Waals surface area (Å²) in [6.45, 7) is 1.90. The van der Waals surface area contributed by atoms with Gasteiger partial charge in [0, 0.05) is 22.3 Å². The van der Waals surface area contributed by atoms with Crippen LogP contribution in [0.4, 0.5) is 11.5 Å². The smallest absolute Gasteiger partial charge is 0.201 e. The molecule has 0 aliphatic rings. The summed E-state index contributed by atoms with van der Waals surface area (Å²) >= 11 is 5.88. The molecule has 0 amide bonds. The number of aromatic nitrogens is 2. The first-order valence-electron chi connectivity index (χ1n) is 7.29. The van der Waals surface area contributed by atoms with Crippen LogP contribution >= 0.6 is 11.6 Å². The van der Waals surface area contributed by atoms with Gasteiger partial charge in [-0.2, -0.15) is 10.2 Å². The summed E-state index contributed by atoms with van der Waals surface area (Å²) in [5.41, 5.74) is 5.52. The molecule has 0 aliphatic carbocycles. The number of rotatable bonds is 4. The van der Waals surface area contributed by atoms with Crippen molar-refractivity contribution in [3.05, 3.63) is 76.9 Å². The van der Waals surface area contributed by atoms with E-state index in [9.17, 15) is 0 Å². The predicted molar refractivity (Wildman–Crippen MR) is 95.9 cm³/mol. The molecule has 0 bridgehead atoms. The Balaban J connectivity index is 1.85. The number of nitrogens with zero attached hydrogens (tertiary/aromatic N) is 4. The van der Waals surface area contributed by atoms with Crippen LogP contribution in [0, 0.1) is 6.92 Å². The van der Waals surface area contributed by atoms with Crippen LogP contribution in [-0.4, -0.2) is 16.0 Å². The van der Waals surface area contributed by atoms with E-state index < -0.39 is 0 Å². The lowest BCUT2D eigenvalue weighted by Gasteiger charge is -2.03. The average Bonchev–Trinajstić information content (AvgIpc) is 3.03. The molecule has 0 atom stereocenters. The standard InChI is InChI=1S/C17H15ClN6/c1-12-11-16(21-19-12)22-24-17(13-5-3-2-4-6-13)23-20-15-9-7-14(18)8-10-15/h2-11,20H,1H3,(H,19,21). The van der Waals surface area contributed by atoms with Gasteiger partial charge in [0.25, 0.3) is 0 Å². The van der Waals surface area contributed by atoms with Gasteiger partial charge in [0.15, 0.2) is 5.82 Å². The molecule has 0 fully saturated rings. The molecule has 1 aromatic heterocycles. The largest absolute Gasteiger partial charge is 0.281 e. The lowest BCUT2D eigenvalue weighted by atomic mass is 10.2. The van der Waals surface area contributed by atoms with Gasteiger partial charge in [0.1, 0.15) is 0 Å². The number of H-pyrrole nitrogens is 1. The second kappa shape index (κ2) is 7.52. The number of anilines is 1. The van der Waals surface area contributed by atoms with Crippen molar-refractivity contribution in [1.29, 1.82) is 0 Å². The third-order valence-corrected chi connectivity index (χ3v) is 3.36. The molecule has 6 nitrogen and oxygen atoms in total. The molecule has 0 aliphatic heterocycles. The number of nitrogens with one attached hydrogen (secondary N) is 2. The molecule has 1 heterocycles. The van der Waals surface area contributed by atoms with Gasteiger partial charge in [0.05, 0.1) is 5.69 Å². The molecule has 120 valence electrons. The topological polar surface area (TPSA) is 77.8 Å². The average molecular weight is 339 g/mol. The van der Waals surface area contributed by atoms with Gasteiger partial charge in [-0.3, -0.25) is 10.5 Å². The van der Waals surface area contributed by atoms with Crippen molar-refractivity contribution in [2.45, 2.75) is 6.92 Å². The van der Waals surface area contributed by atoms with Gasteiger partial charge in [-0.05, 0) is 31.2 Å². The Hall–Kier alpha value is -2.99. The predicted octanol–water partition coefficient (Wildman–Crippen LogP) is 4.93. The first kappa shape index (κ1) is 15.9. The summed E-state index contributed by atoms with van der Waals surface area (Å²) in [5.74, 6) is 0.953. The number of aromatic amines is 1. The fourth-order valence-corrected chi connectivity index (χ4v) is 2.05. The SMILES string of the molecule is Cc1cc(N=NC(=NNc2ccc(Cl)cc2)c2ccccc2)n[nH]1. The van der Waals surface area contributed by atoms with Crippen molar-refractivity contribution in [1.82, 2.24) is 10.2 Å². The van der Waals surface area contributed by atoms with Gasteiger partial charge in [-0.25, -0.2) is 0 Å². The van der Waals surface area contributed by atoms with Crippen LogP contribution in [0.15, 0.2) is 76.0 Å². The molecule has 0 spiro atoms. The molecule has 0 radical (unpaired) electrons. The highest BCUT2D eigenvalue weighted by Crippen LogP contribution is 2.15. The van der Waals surface area contributed by atoms with Crippen molar-refractivity contribution in [3.8, 4) is 0 Å². The number of hydrazone groups is 1. The van der Waals surface area contributed by atoms with Crippen LogP contribution < -0.4 is 5.43 Å². The maximum Gasteiger partial charge on any atom is 0.201 e. The number of benzene rings is 2. The number of hydrogen-bond acceptors (Lipinski definition) is 4. The van der Waals surface area contributed by atoms with E-state index in [1.54, 1.807) is 18.2 Å². The summed E-state index contributed by atoms with van der Waals surface area (Å²) in [6, 6.07) is 18.6. The van der Waals surface area contributed by atoms with E-state index in [0.717, 1.165) is 16.9 Å². The number of halogens is 1. The van der Waals surface area contributed by atoms with Gasteiger partial charge >= 0.3 is 0 Å². The van der Waals surface area contributed by atoms with E-state index >= 15 is 0 Å². The maximum absolute atomic E-state index is 5.88. The quantitative estimate of drug-likeness (QED) is 0.306. The summed E-state index contributed by atoms with van der Waals surface area (Å²) in [5, 5.41) is 20.2. The van der Waals surface area contributed by atoms with E-state index in [4.69, 9.17) is 11.6 Å². The molecule has 3 aromatic rings. The zero-order chi connectivity index (χ0) is 16.8. The molecule has 2 aromatic carbocycles. The van der Waals surface area contributed by atoms with E-state index in [2.05, 4.69) is 31.0 Å². The molecule has 0 unspecified atom stereocenters. The van der Waals surface area contributed by atoms with Gasteiger partial charge in [0.2, 0.25) is 5.84 Å². The summed E-state index contributed by atoms with van der Waals surface area (Å²) in [7, 11) is 0. The zero-order valence-electron chi connectivity index (χ0n) is 12.9. The first-order chi connectivity index (χ1) is 11.7. The molecule has 0 saturated carbocycles. The highest BCUT2D eigenvalue weighted by atomic mass is 35.5. The summed E-state index contributed by atoms with van der Waals surface area (Å²) in [4.78, 5) is 0. The van der Waals surface area contributed by atoms with Gasteiger partial charge in [-0.15, -0.1) is 10.2 Å². The Labute approximate surface area is 144 Å². The van der Waals surface area contributed by atoms with E-state index in [1.807, 2.05) is 49.4 Å². The third-order valence-electron chi connectivity index (χ3n) is 3.11. The minimum absolute atomic E-state index is 0.450. The Morgan fingerprint density at radius 2 is 1.83 bits per heavy atom. The normalized spacial score (nSPS) is 11.8. The third kappa shape index (κ3) is 4.27. The monoisotopic (exact) mass is 338 g/mol. The Morgan fingerprint density at radius 1 is 1.08 bits per heavy atom. The molecule has 24 heavy (non-hydrogen) atoms. The van der Waals surface area contributed by atoms with E-state index in [-0.39, 0.29) is 0 Å². The summed E-state index contributed by atoms with van der Waals surface area (Å²) in [6.07, 6.45) is 0. The molecular weight excluding hydrogens is 324 g/mol. The number of hydrogen-bond donors (Lipinski definition) is 2. The molecule has 7 heteroatoms. The minimum Gasteiger partial charge on any atom is -0.281 e. The van der Waals surface area contributed by atoms with Crippen molar-refractivity contribution < 1.29 is 0 Å². The van der Waals surface area contributed by atoms with Gasteiger partial charge in [-0.1, -0.05) is 41.9 Å². The summed E-state index contributed by atoms with van der Waals surface area (Å²) < 4.78 is 0. The fraction of sp³-hybridized carbons (Fsp3) is 0.0588. The van der Waals surface area contributed by atoms with Crippen molar-refractivity contribution >= 4 is 28.9 Å². The fourth-order valence-electron chi connectivity index (χ4n) is 1.93. The Bertz CT molecular complexity index is 852.